The molecule has 0 saturated carbocycles. The molecule has 2 aliphatic rings. The Morgan fingerprint density at radius 2 is 1.97 bits per heavy atom. The fourth-order valence-electron chi connectivity index (χ4n) is 3.95. The van der Waals surface area contributed by atoms with Crippen LogP contribution in [0.1, 0.15) is 30.4 Å². The molecule has 2 aromatic carbocycles. The van der Waals surface area contributed by atoms with Gasteiger partial charge < -0.3 is 9.64 Å². The summed E-state index contributed by atoms with van der Waals surface area (Å²) < 4.78 is 5.23. The van der Waals surface area contributed by atoms with E-state index in [1.165, 1.54) is 5.56 Å². The van der Waals surface area contributed by atoms with Crippen LogP contribution in [0.4, 0.5) is 5.69 Å². The molecule has 5 nitrogen and oxygen atoms in total. The van der Waals surface area contributed by atoms with Gasteiger partial charge >= 0.3 is 0 Å². The molecule has 0 aliphatic carbocycles. The summed E-state index contributed by atoms with van der Waals surface area (Å²) in [4.78, 5) is 17.0. The maximum Gasteiger partial charge on any atom is 0.229 e. The Morgan fingerprint density at radius 3 is 2.66 bits per heavy atom. The molecule has 0 aromatic heterocycles. The van der Waals surface area contributed by atoms with E-state index in [0.717, 1.165) is 34.3 Å². The van der Waals surface area contributed by atoms with Gasteiger partial charge in [0.25, 0.3) is 0 Å². The number of allylic oxidation sites excluding steroid dienone is 1. The van der Waals surface area contributed by atoms with Crippen molar-refractivity contribution in [1.29, 1.82) is 5.26 Å². The molecule has 29 heavy (non-hydrogen) atoms. The van der Waals surface area contributed by atoms with Gasteiger partial charge in [-0.05, 0) is 35.7 Å². The van der Waals surface area contributed by atoms with Crippen LogP contribution in [0, 0.1) is 11.3 Å². The number of benzene rings is 2. The molecule has 0 radical (unpaired) electrons. The second-order valence-electron chi connectivity index (χ2n) is 7.12. The molecule has 2 heterocycles. The number of rotatable bonds is 4. The number of thioether (sulfide) groups is 1. The van der Waals surface area contributed by atoms with E-state index >= 15 is 0 Å². The number of anilines is 1. The Hall–Kier alpha value is -2.91. The average molecular weight is 406 g/mol. The lowest BCUT2D eigenvalue weighted by atomic mass is 9.86. The predicted octanol–water partition coefficient (Wildman–Crippen LogP) is 4.48. The fourth-order valence-corrected chi connectivity index (χ4v) is 5.11. The van der Waals surface area contributed by atoms with Gasteiger partial charge in [0, 0.05) is 18.0 Å². The quantitative estimate of drug-likeness (QED) is 0.751. The lowest BCUT2D eigenvalue weighted by molar-refractivity contribution is -0.129. The Morgan fingerprint density at radius 1 is 1.21 bits per heavy atom. The average Bonchev–Trinajstić information content (AvgIpc) is 2.79. The summed E-state index contributed by atoms with van der Waals surface area (Å²) in [6.45, 7) is 2.62. The van der Waals surface area contributed by atoms with Crippen LogP contribution in [0.2, 0.25) is 0 Å². The van der Waals surface area contributed by atoms with Crippen molar-refractivity contribution >= 4 is 23.4 Å². The summed E-state index contributed by atoms with van der Waals surface area (Å²) >= 11 is 1.58. The van der Waals surface area contributed by atoms with Crippen molar-refractivity contribution in [3.63, 3.8) is 0 Å². The summed E-state index contributed by atoms with van der Waals surface area (Å²) in [5, 5.41) is 10.7. The number of carbonyl (C=O) groups excluding carboxylic acids is 1. The molecule has 1 fully saturated rings. The van der Waals surface area contributed by atoms with Crippen molar-refractivity contribution in [3.8, 4) is 11.8 Å². The van der Waals surface area contributed by atoms with Gasteiger partial charge in [-0.15, -0.1) is 0 Å². The van der Waals surface area contributed by atoms with E-state index in [1.807, 2.05) is 36.4 Å². The number of aryl methyl sites for hydroxylation is 1. The molecule has 148 valence electrons. The molecular weight excluding hydrogens is 382 g/mol. The zero-order valence-corrected chi connectivity index (χ0v) is 17.4. The van der Waals surface area contributed by atoms with Crippen LogP contribution in [-0.4, -0.2) is 30.5 Å². The van der Waals surface area contributed by atoms with Crippen LogP contribution < -0.4 is 9.64 Å². The van der Waals surface area contributed by atoms with E-state index in [-0.39, 0.29) is 11.8 Å². The Balaban J connectivity index is 1.65. The molecule has 0 unspecified atom stereocenters. The summed E-state index contributed by atoms with van der Waals surface area (Å²) in [6.07, 6.45) is 1.25. The third-order valence-electron chi connectivity index (χ3n) is 5.52. The summed E-state index contributed by atoms with van der Waals surface area (Å²) in [7, 11) is 1.63. The van der Waals surface area contributed by atoms with Crippen molar-refractivity contribution < 1.29 is 9.53 Å². The molecule has 0 N–H and O–H groups in total. The SMILES string of the molecule is CCc1ccccc1N1CSC2=C(C#N)[C@H](c3ccc(OC)cc3)CC(=O)N2C1. The number of ether oxygens (including phenoxy) is 1. The van der Waals surface area contributed by atoms with Gasteiger partial charge in [0.1, 0.15) is 5.75 Å². The second kappa shape index (κ2) is 8.22. The van der Waals surface area contributed by atoms with E-state index in [0.29, 0.717) is 18.7 Å². The number of fused-ring (bicyclic) bond motifs is 1. The molecule has 2 aliphatic heterocycles. The number of nitrogens with zero attached hydrogens (tertiary/aromatic N) is 3. The zero-order valence-electron chi connectivity index (χ0n) is 16.6. The Labute approximate surface area is 175 Å². The maximum atomic E-state index is 13.0. The minimum absolute atomic E-state index is 0.0611. The van der Waals surface area contributed by atoms with Crippen molar-refractivity contribution in [1.82, 2.24) is 4.90 Å². The fraction of sp³-hybridized carbons (Fsp3) is 0.304. The minimum Gasteiger partial charge on any atom is -0.497 e. The lowest BCUT2D eigenvalue weighted by Gasteiger charge is -2.42. The molecule has 1 atom stereocenters. The van der Waals surface area contributed by atoms with Gasteiger partial charge in [0.15, 0.2) is 0 Å². The van der Waals surface area contributed by atoms with Crippen molar-refractivity contribution in [2.45, 2.75) is 25.7 Å². The first-order chi connectivity index (χ1) is 14.2. The number of hydrogen-bond acceptors (Lipinski definition) is 5. The molecule has 1 amide bonds. The first kappa shape index (κ1) is 19.4. The number of methoxy groups -OCH3 is 1. The van der Waals surface area contributed by atoms with Gasteiger partial charge in [0.2, 0.25) is 5.91 Å². The van der Waals surface area contributed by atoms with Crippen molar-refractivity contribution in [2.24, 2.45) is 0 Å². The van der Waals surface area contributed by atoms with Gasteiger partial charge in [-0.3, -0.25) is 9.69 Å². The van der Waals surface area contributed by atoms with Crippen LogP contribution in [0.15, 0.2) is 59.1 Å². The number of hydrogen-bond donors (Lipinski definition) is 0. The number of nitriles is 1. The van der Waals surface area contributed by atoms with E-state index in [2.05, 4.69) is 30.0 Å². The molecule has 4 rings (SSSR count). The first-order valence-corrected chi connectivity index (χ1v) is 10.7. The van der Waals surface area contributed by atoms with Gasteiger partial charge in [0.05, 0.1) is 36.3 Å². The Bertz CT molecular complexity index is 994. The largest absolute Gasteiger partial charge is 0.497 e. The highest BCUT2D eigenvalue weighted by Gasteiger charge is 2.38. The summed E-state index contributed by atoms with van der Waals surface area (Å²) in [6, 6.07) is 18.4. The molecule has 0 bridgehead atoms. The van der Waals surface area contributed by atoms with Gasteiger partial charge in [-0.1, -0.05) is 49.0 Å². The predicted molar refractivity (Wildman–Crippen MR) is 115 cm³/mol. The van der Waals surface area contributed by atoms with Gasteiger partial charge in [-0.25, -0.2) is 0 Å². The van der Waals surface area contributed by atoms with Crippen molar-refractivity contribution in [3.05, 3.63) is 70.3 Å². The van der Waals surface area contributed by atoms with Crippen LogP contribution in [0.5, 0.6) is 5.75 Å². The molecular formula is C23H23N3O2S. The second-order valence-corrected chi connectivity index (χ2v) is 8.05. The third-order valence-corrected chi connectivity index (χ3v) is 6.68. The number of carbonyl (C=O) groups is 1. The molecule has 2 aromatic rings. The maximum absolute atomic E-state index is 13.0. The van der Waals surface area contributed by atoms with Crippen LogP contribution >= 0.6 is 11.8 Å². The number of para-hydroxylation sites is 1. The van der Waals surface area contributed by atoms with Gasteiger partial charge in [-0.2, -0.15) is 5.26 Å². The van der Waals surface area contributed by atoms with Crippen LogP contribution in [0.25, 0.3) is 0 Å². The lowest BCUT2D eigenvalue weighted by Crippen LogP contribution is -2.47. The topological polar surface area (TPSA) is 56.6 Å². The number of amides is 1. The monoisotopic (exact) mass is 405 g/mol. The highest BCUT2D eigenvalue weighted by Crippen LogP contribution is 2.43. The summed E-state index contributed by atoms with van der Waals surface area (Å²) in [5.74, 6) is 1.34. The highest BCUT2D eigenvalue weighted by molar-refractivity contribution is 8.03. The third kappa shape index (κ3) is 3.58. The van der Waals surface area contributed by atoms with Crippen molar-refractivity contribution in [2.75, 3.05) is 24.6 Å². The summed E-state index contributed by atoms with van der Waals surface area (Å²) in [5.41, 5.74) is 4.08. The van der Waals surface area contributed by atoms with E-state index in [1.54, 1.807) is 23.8 Å². The molecule has 6 heteroatoms. The van der Waals surface area contributed by atoms with E-state index < -0.39 is 0 Å². The van der Waals surface area contributed by atoms with E-state index in [4.69, 9.17) is 4.74 Å². The van der Waals surface area contributed by atoms with E-state index in [9.17, 15) is 10.1 Å². The Kier molecular flexibility index (Phi) is 5.50. The standard InChI is InChI=1S/C23H23N3O2S/c1-3-16-6-4-5-7-21(16)25-14-26-22(27)12-19(20(13-24)23(26)29-15-25)17-8-10-18(28-2)11-9-17/h4-11,19H,3,12,14-15H2,1-2H3/t19-/m0/s1. The highest BCUT2D eigenvalue weighted by atomic mass is 32.2. The minimum atomic E-state index is -0.202. The smallest absolute Gasteiger partial charge is 0.229 e. The molecule has 0 spiro atoms. The molecule has 1 saturated heterocycles. The van der Waals surface area contributed by atoms with Crippen LogP contribution in [0.3, 0.4) is 0 Å². The normalized spacial score (nSPS) is 19.1. The van der Waals surface area contributed by atoms with Crippen LogP contribution in [-0.2, 0) is 11.2 Å². The zero-order chi connectivity index (χ0) is 20.4. The first-order valence-electron chi connectivity index (χ1n) is 9.70.